The van der Waals surface area contributed by atoms with Gasteiger partial charge in [-0.3, -0.25) is 0 Å². The van der Waals surface area contributed by atoms with Crippen LogP contribution < -0.4 is 0 Å². The van der Waals surface area contributed by atoms with Crippen molar-refractivity contribution in [2.75, 3.05) is 0 Å². The molecule has 1 radical (unpaired) electrons. The molecule has 0 fully saturated rings. The fourth-order valence-corrected chi connectivity index (χ4v) is 0. The summed E-state index contributed by atoms with van der Waals surface area (Å²) >= 11 is 0. The van der Waals surface area contributed by atoms with Crippen molar-refractivity contribution in [2.45, 2.75) is 0 Å². The van der Waals surface area contributed by atoms with E-state index in [2.05, 4.69) is 0 Å². The summed E-state index contributed by atoms with van der Waals surface area (Å²) in [5, 5.41) is 0. The van der Waals surface area contributed by atoms with Crippen molar-refractivity contribution >= 4 is 68.7 Å². The molecule has 5 heteroatoms. The molecule has 0 nitrogen and oxygen atoms in total. The minimum Gasteiger partial charge on any atom is -1.00 e. The Morgan fingerprint density at radius 1 is 1.00 bits per heavy atom. The Labute approximate surface area is 87.7 Å². The summed E-state index contributed by atoms with van der Waals surface area (Å²) < 4.78 is 0. The fourth-order valence-electron chi connectivity index (χ4n) is 0. The molecule has 0 aliphatic heterocycles. The molecule has 5 heavy (non-hydrogen) atoms. The molecule has 0 saturated carbocycles. The van der Waals surface area contributed by atoms with E-state index in [1.807, 2.05) is 0 Å². The molecule has 0 aliphatic carbocycles. The number of rotatable bonds is 0. The molecule has 0 bridgehead atoms. The van der Waals surface area contributed by atoms with Crippen LogP contribution in [0.15, 0.2) is 0 Å². The molecule has 0 amide bonds. The standard InChI is InChI=1S/2Al.Cu.Mg.H4Si.8H/h;;;;1H4;;;;;;;;/q;;;+2;;;;;;;;2*-1. The second-order valence-corrected chi connectivity index (χ2v) is 0. The molecule has 0 aliphatic rings. The maximum absolute atomic E-state index is 0. The van der Waals surface area contributed by atoms with Gasteiger partial charge in [0.1, 0.15) is 0 Å². The van der Waals surface area contributed by atoms with Gasteiger partial charge in [-0.05, 0) is 11.0 Å². The zero-order chi connectivity index (χ0) is 0. The molecular weight excluding hydrogens is 170 g/mol. The van der Waals surface area contributed by atoms with Crippen LogP contribution in [0.25, 0.3) is 0 Å². The predicted octanol–water partition coefficient (Wildman–Crippen LogP) is -3.98. The Balaban J connectivity index is 0. The Bertz CT molecular complexity index is 15.7. The zero-order valence-corrected chi connectivity index (χ0v) is 3.36. The summed E-state index contributed by atoms with van der Waals surface area (Å²) in [6.07, 6.45) is 0. The van der Waals surface area contributed by atoms with Crippen molar-refractivity contribution < 1.29 is 19.9 Å². The number of hydrogen-bond acceptors (Lipinski definition) is 0. The van der Waals surface area contributed by atoms with E-state index in [9.17, 15) is 0 Å². The van der Waals surface area contributed by atoms with E-state index in [4.69, 9.17) is 0 Å². The average molecular weight is 182 g/mol. The zero-order valence-electron chi connectivity index (χ0n) is 3.01. The van der Waals surface area contributed by atoms with Crippen LogP contribution in [0.1, 0.15) is 2.85 Å². The molecule has 0 saturated heterocycles. The van der Waals surface area contributed by atoms with E-state index in [0.29, 0.717) is 0 Å². The van der Waals surface area contributed by atoms with Crippen molar-refractivity contribution in [2.24, 2.45) is 0 Å². The molecule has 35 valence electrons. The van der Waals surface area contributed by atoms with Gasteiger partial charge < -0.3 is 2.85 Å². The van der Waals surface area contributed by atoms with Gasteiger partial charge in [-0.2, -0.15) is 0 Å². The van der Waals surface area contributed by atoms with Gasteiger partial charge >= 0.3 is 23.1 Å². The van der Waals surface area contributed by atoms with Gasteiger partial charge in [-0.1, -0.05) is 0 Å². The molecule has 0 aromatic carbocycles. The molecule has 0 aromatic heterocycles. The SMILES string of the molecule is [AlH3].[AlH3].[Cu].[H-].[H-].[Mg+2].[SiH4]. The van der Waals surface area contributed by atoms with E-state index in [1.165, 1.54) is 0 Å². The van der Waals surface area contributed by atoms with Gasteiger partial charge in [0, 0.05) is 17.1 Å². The van der Waals surface area contributed by atoms with Crippen LogP contribution in [0.3, 0.4) is 0 Å². The second kappa shape index (κ2) is 30.9. The minimum absolute atomic E-state index is 0. The Morgan fingerprint density at radius 3 is 1.00 bits per heavy atom. The summed E-state index contributed by atoms with van der Waals surface area (Å²) in [6.45, 7) is 0. The van der Waals surface area contributed by atoms with Crippen molar-refractivity contribution in [3.63, 3.8) is 0 Å². The molecule has 0 atom stereocenters. The first kappa shape index (κ1) is 49.5. The Morgan fingerprint density at radius 2 is 1.00 bits per heavy atom. The van der Waals surface area contributed by atoms with Crippen LogP contribution in [-0.2, 0) is 17.1 Å². The third-order valence-corrected chi connectivity index (χ3v) is 0. The van der Waals surface area contributed by atoms with E-state index >= 15 is 0 Å². The predicted molar refractivity (Wildman–Crippen MR) is 39.2 cm³/mol. The van der Waals surface area contributed by atoms with Gasteiger partial charge in [-0.15, -0.1) is 0 Å². The van der Waals surface area contributed by atoms with Crippen LogP contribution in [-0.4, -0.2) is 68.7 Å². The fraction of sp³-hybridized carbons (Fsp3) is 0. The van der Waals surface area contributed by atoms with Crippen LogP contribution in [0, 0.1) is 0 Å². The quantitative estimate of drug-likeness (QED) is 0.335. The third kappa shape index (κ3) is 20.8. The molecule has 0 unspecified atom stereocenters. The van der Waals surface area contributed by atoms with Crippen molar-refractivity contribution in [1.29, 1.82) is 0 Å². The van der Waals surface area contributed by atoms with Crippen LogP contribution >= 0.6 is 0 Å². The molecule has 0 N–H and O–H groups in total. The average Bonchev–Trinajstić information content (AvgIpc) is 0. The minimum atomic E-state index is 0. The summed E-state index contributed by atoms with van der Waals surface area (Å²) in [5.74, 6) is 0. The number of hydrogen-bond donors (Lipinski definition) is 0. The summed E-state index contributed by atoms with van der Waals surface area (Å²) in [6, 6.07) is 0. The molecule has 0 spiro atoms. The van der Waals surface area contributed by atoms with E-state index in [0.717, 1.165) is 0 Å². The Kier molecular flexibility index (Phi) is 306. The first-order valence-corrected chi connectivity index (χ1v) is 0. The topological polar surface area (TPSA) is 0 Å². The maximum Gasteiger partial charge on any atom is 2.00 e. The van der Waals surface area contributed by atoms with Gasteiger partial charge in [0.25, 0.3) is 0 Å². The van der Waals surface area contributed by atoms with Crippen molar-refractivity contribution in [1.82, 2.24) is 0 Å². The first-order chi connectivity index (χ1) is 0. The van der Waals surface area contributed by atoms with Crippen LogP contribution in [0.5, 0.6) is 0 Å². The molecule has 0 heterocycles. The normalized spacial score (nSPS) is 0. The summed E-state index contributed by atoms with van der Waals surface area (Å²) in [4.78, 5) is 0. The van der Waals surface area contributed by atoms with E-state index < -0.39 is 0 Å². The monoisotopic (exact) mass is 181 g/mol. The maximum atomic E-state index is 0. The first-order valence-electron chi connectivity index (χ1n) is 0. The molecule has 0 rings (SSSR count). The van der Waals surface area contributed by atoms with Gasteiger partial charge in [-0.25, -0.2) is 0 Å². The van der Waals surface area contributed by atoms with Crippen molar-refractivity contribution in [3.05, 3.63) is 0 Å². The van der Waals surface area contributed by atoms with Gasteiger partial charge in [0.05, 0.1) is 0 Å². The van der Waals surface area contributed by atoms with E-state index in [1.54, 1.807) is 0 Å². The molecular formula is H12Al2CuMgSi. The largest absolute Gasteiger partial charge is 2.00 e. The second-order valence-electron chi connectivity index (χ2n) is 0. The summed E-state index contributed by atoms with van der Waals surface area (Å²) in [5.41, 5.74) is 0. The van der Waals surface area contributed by atoms with E-state index in [-0.39, 0.29) is 88.7 Å². The van der Waals surface area contributed by atoms with Crippen LogP contribution in [0.2, 0.25) is 0 Å². The van der Waals surface area contributed by atoms with Gasteiger partial charge in [0.15, 0.2) is 34.7 Å². The van der Waals surface area contributed by atoms with Crippen molar-refractivity contribution in [3.8, 4) is 0 Å². The third-order valence-electron chi connectivity index (χ3n) is 0. The molecule has 0 aromatic rings. The Hall–Kier alpha value is 2.57. The smallest absolute Gasteiger partial charge is 1.00 e. The van der Waals surface area contributed by atoms with Crippen LogP contribution in [0.4, 0.5) is 0 Å². The van der Waals surface area contributed by atoms with Gasteiger partial charge in [0.2, 0.25) is 0 Å². The summed E-state index contributed by atoms with van der Waals surface area (Å²) in [7, 11) is 0.